The van der Waals surface area contributed by atoms with Gasteiger partial charge in [0.2, 0.25) is 0 Å². The Morgan fingerprint density at radius 1 is 1.12 bits per heavy atom. The molecular formula is C24H27N5O5. The van der Waals surface area contributed by atoms with Gasteiger partial charge >= 0.3 is 6.09 Å². The Morgan fingerprint density at radius 2 is 1.88 bits per heavy atom. The molecule has 0 unspecified atom stereocenters. The summed E-state index contributed by atoms with van der Waals surface area (Å²) in [6.07, 6.45) is 1.53. The average Bonchev–Trinajstić information content (AvgIpc) is 2.98. The number of amidine groups is 1. The number of hydrogen-bond acceptors (Lipinski definition) is 7. The molecule has 3 rings (SSSR count). The van der Waals surface area contributed by atoms with E-state index in [2.05, 4.69) is 15.0 Å². The molecule has 10 heteroatoms. The quantitative estimate of drug-likeness (QED) is 0.383. The predicted octanol–water partition coefficient (Wildman–Crippen LogP) is 2.98. The van der Waals surface area contributed by atoms with Gasteiger partial charge in [-0.3, -0.25) is 14.4 Å². The highest BCUT2D eigenvalue weighted by atomic mass is 16.7. The van der Waals surface area contributed by atoms with Crippen LogP contribution in [0, 0.1) is 0 Å². The molecule has 0 atom stereocenters. The Morgan fingerprint density at radius 3 is 2.59 bits per heavy atom. The van der Waals surface area contributed by atoms with Crippen molar-refractivity contribution in [1.29, 1.82) is 0 Å². The van der Waals surface area contributed by atoms with Crippen molar-refractivity contribution in [3.8, 4) is 0 Å². The third kappa shape index (κ3) is 6.66. The molecular weight excluding hydrogens is 438 g/mol. The highest BCUT2D eigenvalue weighted by Gasteiger charge is 2.22. The van der Waals surface area contributed by atoms with Crippen LogP contribution in [0.3, 0.4) is 0 Å². The molecule has 5 N–H and O–H groups in total. The van der Waals surface area contributed by atoms with Crippen LogP contribution in [0.2, 0.25) is 0 Å². The summed E-state index contributed by atoms with van der Waals surface area (Å²) in [6, 6.07) is 14.1. The van der Waals surface area contributed by atoms with Crippen LogP contribution in [0.5, 0.6) is 0 Å². The van der Waals surface area contributed by atoms with Crippen LogP contribution >= 0.6 is 0 Å². The zero-order valence-electron chi connectivity index (χ0n) is 18.8. The summed E-state index contributed by atoms with van der Waals surface area (Å²) in [4.78, 5) is 46.4. The first kappa shape index (κ1) is 24.5. The van der Waals surface area contributed by atoms with Gasteiger partial charge in [0.05, 0.1) is 5.69 Å². The summed E-state index contributed by atoms with van der Waals surface area (Å²) in [5.41, 5.74) is 13.6. The molecule has 0 fully saturated rings. The van der Waals surface area contributed by atoms with Crippen LogP contribution < -0.4 is 16.8 Å². The lowest BCUT2D eigenvalue weighted by Gasteiger charge is -2.22. The molecule has 10 nitrogen and oxygen atoms in total. The van der Waals surface area contributed by atoms with E-state index < -0.39 is 6.09 Å². The number of nitrogens with one attached hydrogen (secondary N) is 1. The van der Waals surface area contributed by atoms with Gasteiger partial charge in [0.1, 0.15) is 19.0 Å². The lowest BCUT2D eigenvalue weighted by Crippen LogP contribution is -2.35. The number of nitrogens with two attached hydrogens (primary N) is 2. The third-order valence-corrected chi connectivity index (χ3v) is 4.79. The summed E-state index contributed by atoms with van der Waals surface area (Å²) in [6.45, 7) is 2.12. The Balaban J connectivity index is 1.78. The monoisotopic (exact) mass is 465 g/mol. The maximum Gasteiger partial charge on any atom is 0.404 e. The summed E-state index contributed by atoms with van der Waals surface area (Å²) >= 11 is 0. The maximum atomic E-state index is 13.1. The molecule has 0 bridgehead atoms. The summed E-state index contributed by atoms with van der Waals surface area (Å²) in [5, 5.41) is 4.03. The Labute approximate surface area is 197 Å². The van der Waals surface area contributed by atoms with Crippen molar-refractivity contribution in [3.63, 3.8) is 0 Å². The molecule has 3 amide bonds. The van der Waals surface area contributed by atoms with Crippen molar-refractivity contribution in [2.75, 3.05) is 25.1 Å². The van der Waals surface area contributed by atoms with Gasteiger partial charge in [-0.05, 0) is 36.8 Å². The summed E-state index contributed by atoms with van der Waals surface area (Å²) in [7, 11) is 0. The van der Waals surface area contributed by atoms with E-state index in [0.717, 1.165) is 0 Å². The molecule has 0 aromatic heterocycles. The van der Waals surface area contributed by atoms with Gasteiger partial charge in [-0.1, -0.05) is 31.2 Å². The lowest BCUT2D eigenvalue weighted by atomic mass is 10.0. The average molecular weight is 466 g/mol. The second-order valence-corrected chi connectivity index (χ2v) is 7.45. The van der Waals surface area contributed by atoms with Crippen LogP contribution in [0.1, 0.15) is 35.7 Å². The number of carbonyl (C=O) groups is 3. The predicted molar refractivity (Wildman–Crippen MR) is 128 cm³/mol. The maximum absolute atomic E-state index is 13.1. The number of nitrogens with zero attached hydrogens (tertiary/aromatic N) is 2. The van der Waals surface area contributed by atoms with E-state index in [0.29, 0.717) is 41.0 Å². The molecule has 1 aliphatic heterocycles. The molecule has 178 valence electrons. The Kier molecular flexibility index (Phi) is 8.36. The fraction of sp³-hybridized carbons (Fsp3) is 0.250. The van der Waals surface area contributed by atoms with Gasteiger partial charge < -0.3 is 21.5 Å². The zero-order chi connectivity index (χ0) is 24.5. The van der Waals surface area contributed by atoms with Crippen LogP contribution in [0.25, 0.3) is 6.08 Å². The van der Waals surface area contributed by atoms with E-state index in [-0.39, 0.29) is 37.3 Å². The number of benzene rings is 2. The van der Waals surface area contributed by atoms with Crippen LogP contribution in [-0.4, -0.2) is 48.6 Å². The van der Waals surface area contributed by atoms with Gasteiger partial charge in [-0.15, -0.1) is 0 Å². The van der Waals surface area contributed by atoms with E-state index in [1.807, 2.05) is 25.1 Å². The first-order chi connectivity index (χ1) is 16.4. The van der Waals surface area contributed by atoms with E-state index in [1.165, 1.54) is 5.06 Å². The number of carbonyl (C=O) groups excluding carboxylic acids is 3. The van der Waals surface area contributed by atoms with E-state index in [1.54, 1.807) is 36.4 Å². The number of primary amides is 1. The zero-order valence-corrected chi connectivity index (χ0v) is 18.8. The molecule has 0 spiro atoms. The minimum atomic E-state index is -0.916. The van der Waals surface area contributed by atoms with Crippen molar-refractivity contribution >= 4 is 41.2 Å². The van der Waals surface area contributed by atoms with Crippen molar-refractivity contribution < 1.29 is 24.0 Å². The standard InChI is InChI=1S/C24H27N5O5/c1-2-10-29(34-12-11-33-24(26)32)23(31)18-13-16-8-9-17(14-20(16)28-21(25)15-18)22(30)27-19-6-4-3-5-7-19/h3-9,13-14H,2,10-12,15H2,1H3,(H2,25,28)(H2,26,32)(H,27,30). The number of amides is 3. The molecule has 0 saturated heterocycles. The molecule has 1 heterocycles. The smallest absolute Gasteiger partial charge is 0.404 e. The number of para-hydroxylation sites is 1. The van der Waals surface area contributed by atoms with Gasteiger partial charge in [-0.2, -0.15) is 0 Å². The summed E-state index contributed by atoms with van der Waals surface area (Å²) in [5.74, 6) is -0.432. The number of hydroxylamine groups is 2. The molecule has 0 radical (unpaired) electrons. The van der Waals surface area contributed by atoms with Crippen LogP contribution in [0.4, 0.5) is 16.2 Å². The van der Waals surface area contributed by atoms with Gasteiger partial charge in [0, 0.05) is 35.4 Å². The first-order valence-corrected chi connectivity index (χ1v) is 10.8. The molecule has 2 aromatic rings. The molecule has 34 heavy (non-hydrogen) atoms. The topological polar surface area (TPSA) is 149 Å². The fourth-order valence-corrected chi connectivity index (χ4v) is 3.27. The third-order valence-electron chi connectivity index (χ3n) is 4.79. The minimum absolute atomic E-state index is 0.0258. The number of hydrogen-bond donors (Lipinski definition) is 3. The number of anilines is 1. The number of rotatable bonds is 9. The number of ether oxygens (including phenoxy) is 1. The van der Waals surface area contributed by atoms with Crippen LogP contribution in [0.15, 0.2) is 59.1 Å². The van der Waals surface area contributed by atoms with Gasteiger partial charge in [0.15, 0.2) is 0 Å². The van der Waals surface area contributed by atoms with Crippen LogP contribution in [-0.2, 0) is 14.4 Å². The van der Waals surface area contributed by atoms with Gasteiger partial charge in [0.25, 0.3) is 11.8 Å². The van der Waals surface area contributed by atoms with Crippen molar-refractivity contribution in [2.45, 2.75) is 19.8 Å². The number of fused-ring (bicyclic) bond motifs is 1. The first-order valence-electron chi connectivity index (χ1n) is 10.8. The Hall–Kier alpha value is -4.18. The fourth-order valence-electron chi connectivity index (χ4n) is 3.27. The molecule has 2 aromatic carbocycles. The van der Waals surface area contributed by atoms with E-state index in [4.69, 9.17) is 16.3 Å². The number of aliphatic imine (C=N–C) groups is 1. The van der Waals surface area contributed by atoms with Crippen molar-refractivity contribution in [2.24, 2.45) is 16.5 Å². The summed E-state index contributed by atoms with van der Waals surface area (Å²) < 4.78 is 4.64. The van der Waals surface area contributed by atoms with Gasteiger partial charge in [-0.25, -0.2) is 14.9 Å². The second-order valence-electron chi connectivity index (χ2n) is 7.45. The normalized spacial score (nSPS) is 12.5. The van der Waals surface area contributed by atoms with Crippen molar-refractivity contribution in [3.05, 3.63) is 65.2 Å². The molecule has 1 aliphatic rings. The van der Waals surface area contributed by atoms with E-state index in [9.17, 15) is 14.4 Å². The molecule has 0 saturated carbocycles. The van der Waals surface area contributed by atoms with E-state index >= 15 is 0 Å². The van der Waals surface area contributed by atoms with Crippen molar-refractivity contribution in [1.82, 2.24) is 5.06 Å². The highest BCUT2D eigenvalue weighted by Crippen LogP contribution is 2.28. The molecule has 0 aliphatic carbocycles. The largest absolute Gasteiger partial charge is 0.447 e. The highest BCUT2D eigenvalue weighted by molar-refractivity contribution is 6.07. The Bertz CT molecular complexity index is 1110. The minimum Gasteiger partial charge on any atom is -0.447 e. The lowest BCUT2D eigenvalue weighted by molar-refractivity contribution is -0.185. The second kappa shape index (κ2) is 11.6. The SMILES string of the molecule is CCCN(OCCOC(N)=O)C(=O)C1=Cc2ccc(C(=O)Nc3ccccc3)cc2N=C(N)C1.